The van der Waals surface area contributed by atoms with Crippen LogP contribution in [0.5, 0.6) is 0 Å². The number of benzene rings is 1. The maximum Gasteiger partial charge on any atom is 0.410 e. The molecule has 0 bridgehead atoms. The largest absolute Gasteiger partial charge is 0.691 e. The van der Waals surface area contributed by atoms with Crippen LogP contribution in [0.2, 0.25) is 0 Å². The highest BCUT2D eigenvalue weighted by Crippen LogP contribution is 2.29. The van der Waals surface area contributed by atoms with Gasteiger partial charge in [0.2, 0.25) is 0 Å². The summed E-state index contributed by atoms with van der Waals surface area (Å²) in [6.07, 6.45) is 2.05. The number of hydrogen-bond acceptors (Lipinski definition) is 6. The number of likely N-dealkylation sites (tertiary alicyclic amines) is 1. The first-order valence-electron chi connectivity index (χ1n) is 10.1. The van der Waals surface area contributed by atoms with E-state index in [1.54, 1.807) is 20.8 Å². The van der Waals surface area contributed by atoms with Gasteiger partial charge in [-0.15, -0.1) is 4.85 Å². The maximum absolute atomic E-state index is 13.7. The molecule has 1 fully saturated rings. The van der Waals surface area contributed by atoms with E-state index in [0.29, 0.717) is 0 Å². The van der Waals surface area contributed by atoms with E-state index in [0.717, 1.165) is 12.1 Å². The number of ketones is 1. The summed E-state index contributed by atoms with van der Waals surface area (Å²) in [6, 6.07) is 4.58. The third-order valence-electron chi connectivity index (χ3n) is 5.23. The molecule has 3 heterocycles. The summed E-state index contributed by atoms with van der Waals surface area (Å²) < 4.78 is 20.2. The fraction of sp³-hybridized carbons (Fsp3) is 0.318. The molecule has 0 atom stereocenters. The number of rotatable bonds is 4. The van der Waals surface area contributed by atoms with Crippen molar-refractivity contribution in [2.75, 3.05) is 13.1 Å². The number of Topliss-reactive ketones (excluding diaryl/α,β-unsaturated/α-hetero) is 1. The molecule has 1 aliphatic heterocycles. The summed E-state index contributed by atoms with van der Waals surface area (Å²) in [5.74, 6) is -2.98. The Labute approximate surface area is 187 Å². The Morgan fingerprint density at radius 1 is 1.21 bits per heavy atom. The number of ether oxygens (including phenoxy) is 1. The normalized spacial score (nSPS) is 14.2. The molecule has 3 aromatic rings. The fourth-order valence-electron chi connectivity index (χ4n) is 3.70. The van der Waals surface area contributed by atoms with Crippen LogP contribution in [0.1, 0.15) is 41.5 Å². The lowest BCUT2D eigenvalue weighted by atomic mass is 9.91. The number of carboxylic acid groups (broad SMARTS) is 1. The molecule has 0 saturated carbocycles. The molecule has 0 unspecified atom stereocenters. The molecule has 2 aromatic heterocycles. The van der Waals surface area contributed by atoms with Gasteiger partial charge in [0, 0.05) is 13.1 Å². The number of amides is 1. The minimum absolute atomic E-state index is 0.00883. The summed E-state index contributed by atoms with van der Waals surface area (Å²) in [4.78, 5) is 38.7. The number of aromatic carboxylic acids is 1. The molecule has 11 heteroatoms. The van der Waals surface area contributed by atoms with E-state index in [-0.39, 0.29) is 51.6 Å². The van der Waals surface area contributed by atoms with Crippen LogP contribution < -0.4 is 4.85 Å². The van der Waals surface area contributed by atoms with Gasteiger partial charge in [0.25, 0.3) is 0 Å². The quantitative estimate of drug-likeness (QED) is 0.363. The van der Waals surface area contributed by atoms with Crippen molar-refractivity contribution in [2.45, 2.75) is 26.4 Å². The van der Waals surface area contributed by atoms with Crippen LogP contribution in [-0.2, 0) is 4.74 Å². The van der Waals surface area contributed by atoms with Gasteiger partial charge in [0.1, 0.15) is 28.9 Å². The molecule has 10 nitrogen and oxygen atoms in total. The Kier molecular flexibility index (Phi) is 5.27. The number of fused-ring (bicyclic) bond motifs is 1. The SMILES string of the molecule is CC(C)(C)OC(=O)N1CC(C(=O)c2cn(-c3ccc(F)cc3C(=O)O)c3c2ccn[n+]3[O-])C1. The number of hydrogen-bond donors (Lipinski definition) is 1. The van der Waals surface area contributed by atoms with Crippen molar-refractivity contribution in [3.05, 3.63) is 58.8 Å². The van der Waals surface area contributed by atoms with E-state index in [1.807, 2.05) is 0 Å². The summed E-state index contributed by atoms with van der Waals surface area (Å²) in [5, 5.41) is 25.9. The molecule has 1 aliphatic rings. The Balaban J connectivity index is 1.71. The van der Waals surface area contributed by atoms with Gasteiger partial charge in [-0.25, -0.2) is 14.0 Å². The monoisotopic (exact) mass is 456 g/mol. The van der Waals surface area contributed by atoms with Crippen molar-refractivity contribution >= 4 is 28.9 Å². The van der Waals surface area contributed by atoms with Gasteiger partial charge in [-0.05, 0) is 45.0 Å². The summed E-state index contributed by atoms with van der Waals surface area (Å²) in [5.41, 5.74) is -0.931. The fourth-order valence-corrected chi connectivity index (χ4v) is 3.70. The van der Waals surface area contributed by atoms with Gasteiger partial charge in [-0.1, -0.05) is 5.10 Å². The number of halogens is 1. The Morgan fingerprint density at radius 3 is 2.55 bits per heavy atom. The number of nitrogens with zero attached hydrogens (tertiary/aromatic N) is 4. The van der Waals surface area contributed by atoms with Gasteiger partial charge in [0.15, 0.2) is 5.78 Å². The standard InChI is InChI=1S/C22H21FN4O6/c1-22(2,3)33-21(31)25-9-12(10-25)18(28)16-11-26(19-14(16)6-7-24-27(19)32)17-5-4-13(23)8-15(17)20(29)30/h4-8,11-12H,9-10H2,1-3H3,(H,29,30). The van der Waals surface area contributed by atoms with Crippen LogP contribution in [0.15, 0.2) is 36.7 Å². The molecule has 0 radical (unpaired) electrons. The third-order valence-corrected chi connectivity index (χ3v) is 5.23. The molecule has 4 rings (SSSR count). The zero-order valence-electron chi connectivity index (χ0n) is 18.1. The van der Waals surface area contributed by atoms with Crippen molar-refractivity contribution in [1.29, 1.82) is 0 Å². The molecule has 1 aromatic carbocycles. The lowest BCUT2D eigenvalue weighted by molar-refractivity contribution is -0.645. The van der Waals surface area contributed by atoms with Crippen LogP contribution in [0.25, 0.3) is 16.7 Å². The van der Waals surface area contributed by atoms with Gasteiger partial charge in [0.05, 0.1) is 23.1 Å². The first kappa shape index (κ1) is 22.2. The molecule has 1 amide bonds. The van der Waals surface area contributed by atoms with E-state index < -0.39 is 29.4 Å². The smallest absolute Gasteiger partial charge is 0.410 e. The topological polar surface area (TPSA) is 129 Å². The van der Waals surface area contributed by atoms with Crippen LogP contribution in [0, 0.1) is 16.9 Å². The van der Waals surface area contributed by atoms with Crippen molar-refractivity contribution in [2.24, 2.45) is 5.92 Å². The highest BCUT2D eigenvalue weighted by atomic mass is 19.1. The lowest BCUT2D eigenvalue weighted by Crippen LogP contribution is -2.54. The zero-order valence-corrected chi connectivity index (χ0v) is 18.1. The molecule has 0 aliphatic carbocycles. The van der Waals surface area contributed by atoms with Gasteiger partial charge >= 0.3 is 17.7 Å². The minimum atomic E-state index is -1.40. The summed E-state index contributed by atoms with van der Waals surface area (Å²) >= 11 is 0. The highest BCUT2D eigenvalue weighted by molar-refractivity contribution is 6.09. The Bertz CT molecular complexity index is 1290. The first-order valence-corrected chi connectivity index (χ1v) is 10.1. The first-order chi connectivity index (χ1) is 15.5. The third kappa shape index (κ3) is 4.09. The average Bonchev–Trinajstić information content (AvgIpc) is 3.06. The van der Waals surface area contributed by atoms with E-state index in [1.165, 1.54) is 34.0 Å². The van der Waals surface area contributed by atoms with E-state index >= 15 is 0 Å². The second-order valence-electron chi connectivity index (χ2n) is 8.77. The second-order valence-corrected chi connectivity index (χ2v) is 8.77. The predicted octanol–water partition coefficient (Wildman–Crippen LogP) is 2.55. The second kappa shape index (κ2) is 7.84. The van der Waals surface area contributed by atoms with Crippen LogP contribution in [0.3, 0.4) is 0 Å². The summed E-state index contributed by atoms with van der Waals surface area (Å²) in [7, 11) is 0. The Hall–Kier alpha value is -4.02. The zero-order chi connectivity index (χ0) is 24.1. The lowest BCUT2D eigenvalue weighted by Gasteiger charge is -2.38. The van der Waals surface area contributed by atoms with Crippen LogP contribution in [-0.4, -0.2) is 56.2 Å². The highest BCUT2D eigenvalue weighted by Gasteiger charge is 2.40. The van der Waals surface area contributed by atoms with Gasteiger partial charge in [-0.3, -0.25) is 4.79 Å². The minimum Gasteiger partial charge on any atom is -0.691 e. The number of carbonyl (C=O) groups is 3. The molecule has 1 N–H and O–H groups in total. The van der Waals surface area contributed by atoms with Crippen LogP contribution in [0.4, 0.5) is 9.18 Å². The molecular formula is C22H21FN4O6. The summed E-state index contributed by atoms with van der Waals surface area (Å²) in [6.45, 7) is 5.54. The molecule has 0 spiro atoms. The van der Waals surface area contributed by atoms with Crippen molar-refractivity contribution in [1.82, 2.24) is 14.6 Å². The average molecular weight is 456 g/mol. The number of carbonyl (C=O) groups excluding carboxylic acids is 2. The molecule has 172 valence electrons. The number of carboxylic acids is 1. The molecule has 33 heavy (non-hydrogen) atoms. The van der Waals surface area contributed by atoms with Crippen molar-refractivity contribution in [3.63, 3.8) is 0 Å². The molecular weight excluding hydrogens is 435 g/mol. The van der Waals surface area contributed by atoms with E-state index in [2.05, 4.69) is 5.10 Å². The molecule has 1 saturated heterocycles. The van der Waals surface area contributed by atoms with Crippen molar-refractivity contribution in [3.8, 4) is 5.69 Å². The number of aromatic nitrogens is 3. The van der Waals surface area contributed by atoms with Gasteiger partial charge in [-0.2, -0.15) is 4.57 Å². The van der Waals surface area contributed by atoms with E-state index in [9.17, 15) is 29.1 Å². The van der Waals surface area contributed by atoms with Crippen molar-refractivity contribution < 1.29 is 33.5 Å². The Morgan fingerprint density at radius 2 is 1.91 bits per heavy atom. The van der Waals surface area contributed by atoms with Gasteiger partial charge < -0.3 is 20.0 Å². The van der Waals surface area contributed by atoms with E-state index in [4.69, 9.17) is 4.74 Å². The van der Waals surface area contributed by atoms with Crippen LogP contribution >= 0.6 is 0 Å². The maximum atomic E-state index is 13.7. The predicted molar refractivity (Wildman–Crippen MR) is 113 cm³/mol.